The average molecular weight is 292 g/mol. The number of fused-ring (bicyclic) bond motifs is 1. The molecule has 1 fully saturated rings. The quantitative estimate of drug-likeness (QED) is 0.775. The predicted octanol–water partition coefficient (Wildman–Crippen LogP) is 0.697. The van der Waals surface area contributed by atoms with Crippen LogP contribution < -0.4 is 10.6 Å². The number of aromatic amines is 1. The first-order chi connectivity index (χ1) is 10.2. The molecule has 3 rings (SSSR count). The van der Waals surface area contributed by atoms with Crippen molar-refractivity contribution in [3.63, 3.8) is 0 Å². The van der Waals surface area contributed by atoms with Gasteiger partial charge < -0.3 is 20.4 Å². The minimum absolute atomic E-state index is 0.0801. The van der Waals surface area contributed by atoms with Crippen molar-refractivity contribution in [3.8, 4) is 0 Å². The van der Waals surface area contributed by atoms with E-state index in [1.165, 1.54) is 12.1 Å². The monoisotopic (exact) mass is 292 g/mol. The van der Waals surface area contributed by atoms with Gasteiger partial charge in [0.1, 0.15) is 11.6 Å². The lowest BCUT2D eigenvalue weighted by Gasteiger charge is -2.22. The number of carbonyl (C=O) groups excluding carboxylic acids is 1. The van der Waals surface area contributed by atoms with Crippen LogP contribution in [-0.2, 0) is 16.1 Å². The van der Waals surface area contributed by atoms with Crippen LogP contribution in [-0.4, -0.2) is 41.7 Å². The Hall–Kier alpha value is -1.99. The normalized spacial score (nSPS) is 18.8. The Balaban J connectivity index is 1.54. The van der Waals surface area contributed by atoms with E-state index in [0.29, 0.717) is 36.4 Å². The number of nitrogens with zero attached hydrogens (tertiary/aromatic N) is 1. The topological polar surface area (TPSA) is 79.0 Å². The third-order valence-electron chi connectivity index (χ3n) is 3.36. The highest BCUT2D eigenvalue weighted by Crippen LogP contribution is 2.12. The van der Waals surface area contributed by atoms with Gasteiger partial charge in [-0.3, -0.25) is 4.79 Å². The summed E-state index contributed by atoms with van der Waals surface area (Å²) in [6.07, 6.45) is 0.241. The van der Waals surface area contributed by atoms with E-state index < -0.39 is 0 Å². The van der Waals surface area contributed by atoms with Crippen molar-refractivity contribution in [1.82, 2.24) is 20.6 Å². The maximum Gasteiger partial charge on any atom is 0.223 e. The van der Waals surface area contributed by atoms with E-state index in [1.807, 2.05) is 0 Å². The van der Waals surface area contributed by atoms with Gasteiger partial charge in [0.2, 0.25) is 5.91 Å². The van der Waals surface area contributed by atoms with Crippen LogP contribution in [0, 0.1) is 5.82 Å². The molecular formula is C14H17FN4O2. The standard InChI is InChI=1S/C14H17FN4O2/c15-9-1-2-11-12(5-9)19-13(18-11)8-17-14(20)6-10-7-16-3-4-21-10/h1-2,5,10,16H,3-4,6-8H2,(H,17,20)(H,18,19)/t10-/m0/s1. The molecule has 21 heavy (non-hydrogen) atoms. The van der Waals surface area contributed by atoms with E-state index in [1.54, 1.807) is 6.07 Å². The Kier molecular flexibility index (Phi) is 4.12. The summed E-state index contributed by atoms with van der Waals surface area (Å²) in [6, 6.07) is 4.35. The zero-order chi connectivity index (χ0) is 14.7. The molecule has 0 aliphatic carbocycles. The third-order valence-corrected chi connectivity index (χ3v) is 3.36. The molecule has 1 amide bonds. The van der Waals surface area contributed by atoms with E-state index in [4.69, 9.17) is 4.74 Å². The second-order valence-electron chi connectivity index (χ2n) is 5.02. The number of nitrogens with one attached hydrogen (secondary N) is 3. The molecule has 3 N–H and O–H groups in total. The SMILES string of the molecule is O=C(C[C@H]1CNCCO1)NCc1nc2ccc(F)cc2[nH]1. The van der Waals surface area contributed by atoms with Crippen LogP contribution in [0.25, 0.3) is 11.0 Å². The minimum Gasteiger partial charge on any atom is -0.375 e. The molecule has 1 saturated heterocycles. The second kappa shape index (κ2) is 6.19. The van der Waals surface area contributed by atoms with E-state index in [9.17, 15) is 9.18 Å². The molecule has 0 spiro atoms. The summed E-state index contributed by atoms with van der Waals surface area (Å²) in [5.41, 5.74) is 1.31. The number of carbonyl (C=O) groups is 1. The maximum atomic E-state index is 13.1. The molecule has 1 atom stereocenters. The van der Waals surface area contributed by atoms with Crippen molar-refractivity contribution in [2.75, 3.05) is 19.7 Å². The number of amides is 1. The van der Waals surface area contributed by atoms with Crippen LogP contribution in [0.1, 0.15) is 12.2 Å². The van der Waals surface area contributed by atoms with Crippen LogP contribution in [0.4, 0.5) is 4.39 Å². The summed E-state index contributed by atoms with van der Waals surface area (Å²) >= 11 is 0. The molecule has 0 unspecified atom stereocenters. The first-order valence-electron chi connectivity index (χ1n) is 6.94. The number of halogens is 1. The van der Waals surface area contributed by atoms with Gasteiger partial charge in [0, 0.05) is 13.1 Å². The van der Waals surface area contributed by atoms with Crippen LogP contribution in [0.5, 0.6) is 0 Å². The van der Waals surface area contributed by atoms with Crippen molar-refractivity contribution in [2.24, 2.45) is 0 Å². The molecule has 1 aromatic carbocycles. The number of hydrogen-bond donors (Lipinski definition) is 3. The van der Waals surface area contributed by atoms with Gasteiger partial charge in [-0.1, -0.05) is 0 Å². The smallest absolute Gasteiger partial charge is 0.223 e. The highest BCUT2D eigenvalue weighted by molar-refractivity contribution is 5.77. The van der Waals surface area contributed by atoms with Gasteiger partial charge in [0.05, 0.1) is 36.7 Å². The van der Waals surface area contributed by atoms with E-state index >= 15 is 0 Å². The van der Waals surface area contributed by atoms with Gasteiger partial charge in [0.15, 0.2) is 0 Å². The van der Waals surface area contributed by atoms with Crippen LogP contribution in [0.3, 0.4) is 0 Å². The Morgan fingerprint density at radius 2 is 2.43 bits per heavy atom. The fraction of sp³-hybridized carbons (Fsp3) is 0.429. The molecule has 2 aromatic rings. The third kappa shape index (κ3) is 3.56. The van der Waals surface area contributed by atoms with Crippen molar-refractivity contribution in [1.29, 1.82) is 0 Å². The molecule has 1 aliphatic rings. The second-order valence-corrected chi connectivity index (χ2v) is 5.02. The molecule has 0 saturated carbocycles. The Bertz CT molecular complexity index is 637. The lowest BCUT2D eigenvalue weighted by molar-refractivity contribution is -0.124. The fourth-order valence-corrected chi connectivity index (χ4v) is 2.33. The van der Waals surface area contributed by atoms with Gasteiger partial charge in [-0.15, -0.1) is 0 Å². The molecule has 1 aromatic heterocycles. The summed E-state index contributed by atoms with van der Waals surface area (Å²) < 4.78 is 18.6. The van der Waals surface area contributed by atoms with Gasteiger partial charge in [0.25, 0.3) is 0 Å². The van der Waals surface area contributed by atoms with Crippen molar-refractivity contribution < 1.29 is 13.9 Å². The summed E-state index contributed by atoms with van der Waals surface area (Å²) in [5, 5.41) is 5.97. The largest absolute Gasteiger partial charge is 0.375 e. The summed E-state index contributed by atoms with van der Waals surface area (Å²) in [4.78, 5) is 19.1. The molecule has 2 heterocycles. The van der Waals surface area contributed by atoms with Crippen LogP contribution in [0.15, 0.2) is 18.2 Å². The number of hydrogen-bond acceptors (Lipinski definition) is 4. The van der Waals surface area contributed by atoms with Crippen LogP contribution in [0.2, 0.25) is 0 Å². The van der Waals surface area contributed by atoms with Crippen molar-refractivity contribution >= 4 is 16.9 Å². The Morgan fingerprint density at radius 1 is 1.52 bits per heavy atom. The van der Waals surface area contributed by atoms with Crippen LogP contribution >= 0.6 is 0 Å². The van der Waals surface area contributed by atoms with Crippen molar-refractivity contribution in [3.05, 3.63) is 29.8 Å². The lowest BCUT2D eigenvalue weighted by atomic mass is 10.2. The van der Waals surface area contributed by atoms with Gasteiger partial charge in [-0.05, 0) is 18.2 Å². The van der Waals surface area contributed by atoms with E-state index in [2.05, 4.69) is 20.6 Å². The van der Waals surface area contributed by atoms with E-state index in [-0.39, 0.29) is 24.4 Å². The van der Waals surface area contributed by atoms with E-state index in [0.717, 1.165) is 6.54 Å². The predicted molar refractivity (Wildman–Crippen MR) is 75.1 cm³/mol. The first-order valence-corrected chi connectivity index (χ1v) is 6.94. The Morgan fingerprint density at radius 3 is 3.24 bits per heavy atom. The molecule has 7 heteroatoms. The number of ether oxygens (including phenoxy) is 1. The summed E-state index contributed by atoms with van der Waals surface area (Å²) in [6.45, 7) is 2.44. The summed E-state index contributed by atoms with van der Waals surface area (Å²) in [5.74, 6) is 0.200. The number of benzene rings is 1. The summed E-state index contributed by atoms with van der Waals surface area (Å²) in [7, 11) is 0. The fourth-order valence-electron chi connectivity index (χ4n) is 2.33. The number of morpholine rings is 1. The number of H-pyrrole nitrogens is 1. The molecule has 0 bridgehead atoms. The zero-order valence-electron chi connectivity index (χ0n) is 11.5. The lowest BCUT2D eigenvalue weighted by Crippen LogP contribution is -2.41. The first kappa shape index (κ1) is 14.0. The zero-order valence-corrected chi connectivity index (χ0v) is 11.5. The molecular weight excluding hydrogens is 275 g/mol. The van der Waals surface area contributed by atoms with Crippen molar-refractivity contribution in [2.45, 2.75) is 19.1 Å². The molecule has 0 radical (unpaired) electrons. The molecule has 112 valence electrons. The highest BCUT2D eigenvalue weighted by atomic mass is 19.1. The highest BCUT2D eigenvalue weighted by Gasteiger charge is 2.17. The minimum atomic E-state index is -0.316. The number of rotatable bonds is 4. The number of aromatic nitrogens is 2. The molecule has 6 nitrogen and oxygen atoms in total. The number of imidazole rings is 1. The maximum absolute atomic E-state index is 13.1. The Labute approximate surface area is 121 Å². The average Bonchev–Trinajstić information content (AvgIpc) is 2.88. The van der Waals surface area contributed by atoms with Gasteiger partial charge in [-0.2, -0.15) is 0 Å². The molecule has 1 aliphatic heterocycles. The van der Waals surface area contributed by atoms with Gasteiger partial charge >= 0.3 is 0 Å². The van der Waals surface area contributed by atoms with Gasteiger partial charge in [-0.25, -0.2) is 9.37 Å².